The Labute approximate surface area is 319 Å². The van der Waals surface area contributed by atoms with Gasteiger partial charge in [-0.1, -0.05) is 140 Å². The van der Waals surface area contributed by atoms with Gasteiger partial charge in [0.1, 0.15) is 18.5 Å². The van der Waals surface area contributed by atoms with E-state index in [1.54, 1.807) is 6.20 Å². The van der Waals surface area contributed by atoms with Crippen molar-refractivity contribution in [1.82, 2.24) is 25.6 Å². The number of nitrogens with one attached hydrogen (secondary N) is 4. The fraction of sp³-hybridized carbons (Fsp3) is 0.128. The first-order valence-corrected chi connectivity index (χ1v) is 18.5. The number of ether oxygens (including phenoxy) is 1. The maximum absolute atomic E-state index is 13.6. The standard InChI is InChI=1S/C38H32N4O3.C9H9N/c43-37(40-23-36-39-22-35(41-36)27-11-2-1-3-12-27)34(21-25-18-19-26-10-4-5-13-28(26)20-25)42-38(44)45-24-33-31-16-8-6-14-29(31)30-15-7-9-17-32(30)33;1-7-6-10-9-5-3-2-4-8(7)9/h1-20,22,33-34H,21,23-24H2,(H,39,41)(H,40,43)(H,42,44);2-6,10H,1H3. The van der Waals surface area contributed by atoms with E-state index in [4.69, 9.17) is 4.74 Å². The number of rotatable bonds is 9. The number of alkyl carbamates (subject to hydrolysis) is 1. The number of hydrogen-bond donors (Lipinski definition) is 4. The Bertz CT molecular complexity index is 2550. The molecule has 0 bridgehead atoms. The number of fused-ring (bicyclic) bond motifs is 5. The fourth-order valence-electron chi connectivity index (χ4n) is 7.32. The first-order chi connectivity index (χ1) is 27.0. The maximum atomic E-state index is 13.6. The SMILES string of the molecule is Cc1c[nH]c2ccccc12.O=C(NC(Cc1ccc2ccccc2c1)C(=O)NCc1ncc(-c2ccccc2)[nH]1)OCC1c2ccccc2-c2ccccc21. The average Bonchev–Trinajstić information content (AvgIpc) is 3.95. The van der Waals surface area contributed by atoms with Crippen LogP contribution in [-0.2, 0) is 22.5 Å². The number of aryl methyl sites for hydroxylation is 1. The first kappa shape index (κ1) is 35.1. The van der Waals surface area contributed by atoms with E-state index < -0.39 is 12.1 Å². The van der Waals surface area contributed by atoms with Crippen molar-refractivity contribution in [3.63, 3.8) is 0 Å². The monoisotopic (exact) mass is 723 g/mol. The Morgan fingerprint density at radius 1 is 0.764 bits per heavy atom. The summed E-state index contributed by atoms with van der Waals surface area (Å²) in [5.41, 5.74) is 9.91. The Hall–Kier alpha value is -6.93. The number of benzene rings is 6. The number of carbonyl (C=O) groups is 2. The molecule has 1 aliphatic rings. The number of H-pyrrole nitrogens is 2. The zero-order chi connectivity index (χ0) is 37.6. The molecule has 0 aliphatic heterocycles. The predicted octanol–water partition coefficient (Wildman–Crippen LogP) is 9.47. The second-order valence-electron chi connectivity index (χ2n) is 13.8. The van der Waals surface area contributed by atoms with Crippen LogP contribution in [0.25, 0.3) is 44.1 Å². The number of imidazole rings is 1. The van der Waals surface area contributed by atoms with Crippen molar-refractivity contribution < 1.29 is 14.3 Å². The van der Waals surface area contributed by atoms with Crippen molar-refractivity contribution >= 4 is 33.7 Å². The molecule has 2 aromatic heterocycles. The fourth-order valence-corrected chi connectivity index (χ4v) is 7.32. The third kappa shape index (κ3) is 7.89. The van der Waals surface area contributed by atoms with E-state index in [9.17, 15) is 9.59 Å². The zero-order valence-electron chi connectivity index (χ0n) is 30.5. The zero-order valence-corrected chi connectivity index (χ0v) is 30.5. The molecule has 1 aliphatic carbocycles. The summed E-state index contributed by atoms with van der Waals surface area (Å²) >= 11 is 0. The van der Waals surface area contributed by atoms with Gasteiger partial charge >= 0.3 is 6.09 Å². The maximum Gasteiger partial charge on any atom is 0.407 e. The molecule has 8 heteroatoms. The summed E-state index contributed by atoms with van der Waals surface area (Å²) in [5.74, 6) is 0.218. The van der Waals surface area contributed by atoms with Gasteiger partial charge in [0.05, 0.1) is 18.4 Å². The predicted molar refractivity (Wildman–Crippen MR) is 219 cm³/mol. The Balaban J connectivity index is 0.000000368. The summed E-state index contributed by atoms with van der Waals surface area (Å²) in [4.78, 5) is 37.7. The first-order valence-electron chi connectivity index (χ1n) is 18.5. The molecule has 8 nitrogen and oxygen atoms in total. The molecule has 0 spiro atoms. The number of para-hydroxylation sites is 1. The van der Waals surface area contributed by atoms with Gasteiger partial charge in [0, 0.05) is 29.4 Å². The Morgan fingerprint density at radius 2 is 1.44 bits per heavy atom. The summed E-state index contributed by atoms with van der Waals surface area (Å²) < 4.78 is 5.79. The molecule has 1 atom stereocenters. The molecule has 2 heterocycles. The number of nitrogens with zero attached hydrogens (tertiary/aromatic N) is 1. The Kier molecular flexibility index (Phi) is 10.2. The largest absolute Gasteiger partial charge is 0.449 e. The molecule has 0 saturated carbocycles. The second kappa shape index (κ2) is 16.0. The third-order valence-electron chi connectivity index (χ3n) is 10.1. The topological polar surface area (TPSA) is 112 Å². The van der Waals surface area contributed by atoms with Crippen LogP contribution >= 0.6 is 0 Å². The van der Waals surface area contributed by atoms with Gasteiger partial charge in [-0.25, -0.2) is 9.78 Å². The highest BCUT2D eigenvalue weighted by Crippen LogP contribution is 2.44. The number of carbonyl (C=O) groups excluding carboxylic acids is 2. The van der Waals surface area contributed by atoms with E-state index >= 15 is 0 Å². The van der Waals surface area contributed by atoms with Crippen molar-refractivity contribution in [2.24, 2.45) is 0 Å². The molecule has 9 rings (SSSR count). The van der Waals surface area contributed by atoms with Crippen molar-refractivity contribution in [2.45, 2.75) is 31.8 Å². The van der Waals surface area contributed by atoms with Crippen molar-refractivity contribution in [3.8, 4) is 22.4 Å². The van der Waals surface area contributed by atoms with Crippen LogP contribution in [0.1, 0.15) is 34.0 Å². The van der Waals surface area contributed by atoms with Gasteiger partial charge in [-0.2, -0.15) is 0 Å². The van der Waals surface area contributed by atoms with Gasteiger partial charge in [-0.3, -0.25) is 4.79 Å². The van der Waals surface area contributed by atoms with Crippen LogP contribution in [-0.4, -0.2) is 39.6 Å². The van der Waals surface area contributed by atoms with Gasteiger partial charge in [0.15, 0.2) is 0 Å². The van der Waals surface area contributed by atoms with Crippen LogP contribution in [0.5, 0.6) is 0 Å². The van der Waals surface area contributed by atoms with Crippen molar-refractivity contribution in [2.75, 3.05) is 6.61 Å². The van der Waals surface area contributed by atoms with Gasteiger partial charge in [-0.15, -0.1) is 0 Å². The normalized spacial score (nSPS) is 12.3. The van der Waals surface area contributed by atoms with E-state index in [-0.39, 0.29) is 25.0 Å². The summed E-state index contributed by atoms with van der Waals surface area (Å²) in [6.45, 7) is 2.46. The number of aromatic amines is 2. The van der Waals surface area contributed by atoms with Crippen LogP contribution in [0.15, 0.2) is 158 Å². The van der Waals surface area contributed by atoms with E-state index in [0.29, 0.717) is 12.2 Å². The molecule has 8 aromatic rings. The second-order valence-corrected chi connectivity index (χ2v) is 13.8. The smallest absolute Gasteiger partial charge is 0.407 e. The molecular weight excluding hydrogens is 683 g/mol. The number of aromatic nitrogens is 3. The lowest BCUT2D eigenvalue weighted by Crippen LogP contribution is -2.48. The van der Waals surface area contributed by atoms with Crippen LogP contribution in [0.2, 0.25) is 0 Å². The van der Waals surface area contributed by atoms with E-state index in [1.807, 2.05) is 109 Å². The molecule has 0 radical (unpaired) electrons. The number of hydrogen-bond acceptors (Lipinski definition) is 4. The van der Waals surface area contributed by atoms with Crippen LogP contribution in [0.4, 0.5) is 4.79 Å². The van der Waals surface area contributed by atoms with E-state index in [1.165, 1.54) is 16.5 Å². The van der Waals surface area contributed by atoms with Crippen LogP contribution in [0.3, 0.4) is 0 Å². The van der Waals surface area contributed by atoms with Crippen molar-refractivity contribution in [3.05, 3.63) is 186 Å². The van der Waals surface area contributed by atoms with Gasteiger partial charge < -0.3 is 25.3 Å². The lowest BCUT2D eigenvalue weighted by Gasteiger charge is -2.20. The van der Waals surface area contributed by atoms with E-state index in [0.717, 1.165) is 49.8 Å². The molecule has 2 amide bonds. The molecule has 1 unspecified atom stereocenters. The highest BCUT2D eigenvalue weighted by atomic mass is 16.5. The molecule has 0 saturated heterocycles. The minimum atomic E-state index is -0.856. The highest BCUT2D eigenvalue weighted by Gasteiger charge is 2.30. The van der Waals surface area contributed by atoms with Crippen LogP contribution in [0, 0.1) is 6.92 Å². The minimum Gasteiger partial charge on any atom is -0.449 e. The summed E-state index contributed by atoms with van der Waals surface area (Å²) in [5, 5.41) is 9.30. The van der Waals surface area contributed by atoms with Gasteiger partial charge in [0.25, 0.3) is 0 Å². The highest BCUT2D eigenvalue weighted by molar-refractivity contribution is 5.87. The molecule has 55 heavy (non-hydrogen) atoms. The Morgan fingerprint density at radius 3 is 2.20 bits per heavy atom. The lowest BCUT2D eigenvalue weighted by molar-refractivity contribution is -0.123. The molecule has 0 fully saturated rings. The third-order valence-corrected chi connectivity index (χ3v) is 10.1. The van der Waals surface area contributed by atoms with E-state index in [2.05, 4.69) is 75.0 Å². The molecule has 6 aromatic carbocycles. The molecule has 4 N–H and O–H groups in total. The van der Waals surface area contributed by atoms with Gasteiger partial charge in [-0.05, 0) is 62.7 Å². The summed E-state index contributed by atoms with van der Waals surface area (Å²) in [6, 6.07) is 47.9. The lowest BCUT2D eigenvalue weighted by atomic mass is 9.98. The molecule has 272 valence electrons. The average molecular weight is 724 g/mol. The minimum absolute atomic E-state index is 0.0753. The summed E-state index contributed by atoms with van der Waals surface area (Å²) in [7, 11) is 0. The van der Waals surface area contributed by atoms with Crippen molar-refractivity contribution in [1.29, 1.82) is 0 Å². The van der Waals surface area contributed by atoms with Gasteiger partial charge in [0.2, 0.25) is 5.91 Å². The quantitative estimate of drug-likeness (QED) is 0.119. The molecular formula is C47H41N5O3. The number of amides is 2. The summed E-state index contributed by atoms with van der Waals surface area (Å²) in [6.07, 6.45) is 3.44. The van der Waals surface area contributed by atoms with Crippen LogP contribution < -0.4 is 10.6 Å².